The van der Waals surface area contributed by atoms with E-state index in [-0.39, 0.29) is 17.3 Å². The molecule has 0 aliphatic carbocycles. The second kappa shape index (κ2) is 9.86. The SMILES string of the molecule is COc1ccccc1NC(=O)c1ccc(OCC(=O)Nc2ccccc2C(F)(F)F)cc1. The zero-order valence-electron chi connectivity index (χ0n) is 16.9. The van der Waals surface area contributed by atoms with Gasteiger partial charge in [0.1, 0.15) is 11.5 Å². The third-order valence-corrected chi connectivity index (χ3v) is 4.35. The standard InChI is InChI=1S/C23H19F3N2O4/c1-31-20-9-5-4-8-19(20)28-22(30)15-10-12-16(13-11-15)32-14-21(29)27-18-7-3-2-6-17(18)23(24,25)26/h2-13H,14H2,1H3,(H,27,29)(H,28,30). The summed E-state index contributed by atoms with van der Waals surface area (Å²) in [6, 6.07) is 17.6. The van der Waals surface area contributed by atoms with Gasteiger partial charge in [0.25, 0.3) is 11.8 Å². The topological polar surface area (TPSA) is 76.7 Å². The van der Waals surface area contributed by atoms with Crippen LogP contribution in [0.5, 0.6) is 11.5 Å². The summed E-state index contributed by atoms with van der Waals surface area (Å²) in [5.41, 5.74) is -0.446. The van der Waals surface area contributed by atoms with Crippen molar-refractivity contribution in [1.82, 2.24) is 0 Å². The molecule has 0 spiro atoms. The lowest BCUT2D eigenvalue weighted by Gasteiger charge is -2.14. The molecule has 32 heavy (non-hydrogen) atoms. The molecular formula is C23H19F3N2O4. The Balaban J connectivity index is 1.57. The first kappa shape index (κ1) is 22.7. The van der Waals surface area contributed by atoms with Gasteiger partial charge in [-0.1, -0.05) is 24.3 Å². The van der Waals surface area contributed by atoms with E-state index in [1.54, 1.807) is 24.3 Å². The molecule has 0 bridgehead atoms. The number of benzene rings is 3. The molecule has 9 heteroatoms. The van der Waals surface area contributed by atoms with Gasteiger partial charge in [-0.25, -0.2) is 0 Å². The van der Waals surface area contributed by atoms with Gasteiger partial charge in [0.05, 0.1) is 24.0 Å². The minimum absolute atomic E-state index is 0.276. The Morgan fingerprint density at radius 2 is 1.47 bits per heavy atom. The smallest absolute Gasteiger partial charge is 0.418 e. The number of amides is 2. The van der Waals surface area contributed by atoms with Crippen LogP contribution in [-0.2, 0) is 11.0 Å². The van der Waals surface area contributed by atoms with Crippen LogP contribution in [0, 0.1) is 0 Å². The van der Waals surface area contributed by atoms with Crippen molar-refractivity contribution in [3.8, 4) is 11.5 Å². The number of alkyl halides is 3. The summed E-state index contributed by atoms with van der Waals surface area (Å²) in [6.45, 7) is -0.501. The summed E-state index contributed by atoms with van der Waals surface area (Å²) in [7, 11) is 1.50. The van der Waals surface area contributed by atoms with Gasteiger partial charge >= 0.3 is 6.18 Å². The van der Waals surface area contributed by atoms with E-state index in [1.165, 1.54) is 43.5 Å². The second-order valence-electron chi connectivity index (χ2n) is 6.56. The average molecular weight is 444 g/mol. The van der Waals surface area contributed by atoms with Crippen molar-refractivity contribution in [3.05, 3.63) is 83.9 Å². The van der Waals surface area contributed by atoms with Crippen molar-refractivity contribution in [2.45, 2.75) is 6.18 Å². The maximum Gasteiger partial charge on any atom is 0.418 e. The second-order valence-corrected chi connectivity index (χ2v) is 6.56. The van der Waals surface area contributed by atoms with Crippen LogP contribution in [0.3, 0.4) is 0 Å². The molecule has 0 saturated heterocycles. The number of rotatable bonds is 7. The fourth-order valence-corrected chi connectivity index (χ4v) is 2.82. The maximum atomic E-state index is 13.0. The summed E-state index contributed by atoms with van der Waals surface area (Å²) in [5.74, 6) is -0.334. The van der Waals surface area contributed by atoms with Crippen LogP contribution >= 0.6 is 0 Å². The fourth-order valence-electron chi connectivity index (χ4n) is 2.82. The van der Waals surface area contributed by atoms with E-state index in [1.807, 2.05) is 0 Å². The predicted molar refractivity (Wildman–Crippen MR) is 113 cm³/mol. The highest BCUT2D eigenvalue weighted by Crippen LogP contribution is 2.34. The van der Waals surface area contributed by atoms with Crippen LogP contribution in [-0.4, -0.2) is 25.5 Å². The molecule has 166 valence electrons. The summed E-state index contributed by atoms with van der Waals surface area (Å²) < 4.78 is 49.5. The molecule has 0 radical (unpaired) electrons. The Morgan fingerprint density at radius 1 is 0.844 bits per heavy atom. The van der Waals surface area contributed by atoms with E-state index in [0.717, 1.165) is 12.1 Å². The zero-order chi connectivity index (χ0) is 23.1. The number of hydrogen-bond acceptors (Lipinski definition) is 4. The van der Waals surface area contributed by atoms with Crippen molar-refractivity contribution in [1.29, 1.82) is 0 Å². The highest BCUT2D eigenvalue weighted by atomic mass is 19.4. The van der Waals surface area contributed by atoms with Crippen molar-refractivity contribution in [2.75, 3.05) is 24.4 Å². The number of hydrogen-bond donors (Lipinski definition) is 2. The number of carbonyl (C=O) groups is 2. The van der Waals surface area contributed by atoms with Crippen LogP contribution in [0.2, 0.25) is 0 Å². The molecule has 0 aliphatic heterocycles. The first-order chi connectivity index (χ1) is 15.3. The maximum absolute atomic E-state index is 13.0. The normalized spacial score (nSPS) is 10.9. The lowest BCUT2D eigenvalue weighted by Crippen LogP contribution is -2.22. The molecule has 3 rings (SSSR count). The minimum atomic E-state index is -4.59. The van der Waals surface area contributed by atoms with Crippen LogP contribution in [0.25, 0.3) is 0 Å². The highest BCUT2D eigenvalue weighted by Gasteiger charge is 2.33. The summed E-state index contributed by atoms with van der Waals surface area (Å²) in [5, 5.41) is 4.93. The number of anilines is 2. The summed E-state index contributed by atoms with van der Waals surface area (Å²) in [4.78, 5) is 24.4. The molecule has 0 fully saturated rings. The van der Waals surface area contributed by atoms with Gasteiger partial charge in [-0.2, -0.15) is 13.2 Å². The Kier molecular flexibility index (Phi) is 6.99. The van der Waals surface area contributed by atoms with Gasteiger partial charge in [0, 0.05) is 5.56 Å². The molecule has 0 unspecified atom stereocenters. The molecule has 3 aromatic rings. The van der Waals surface area contributed by atoms with E-state index in [2.05, 4.69) is 10.6 Å². The van der Waals surface area contributed by atoms with Crippen molar-refractivity contribution < 1.29 is 32.2 Å². The zero-order valence-corrected chi connectivity index (χ0v) is 16.9. The minimum Gasteiger partial charge on any atom is -0.495 e. The number of methoxy groups -OCH3 is 1. The predicted octanol–water partition coefficient (Wildman–Crippen LogP) is 4.98. The lowest BCUT2D eigenvalue weighted by molar-refractivity contribution is -0.137. The van der Waals surface area contributed by atoms with Crippen LogP contribution < -0.4 is 20.1 Å². The van der Waals surface area contributed by atoms with Crippen LogP contribution in [0.1, 0.15) is 15.9 Å². The number of para-hydroxylation sites is 3. The molecule has 6 nitrogen and oxygen atoms in total. The van der Waals surface area contributed by atoms with Gasteiger partial charge in [-0.15, -0.1) is 0 Å². The largest absolute Gasteiger partial charge is 0.495 e. The monoisotopic (exact) mass is 444 g/mol. The molecule has 0 heterocycles. The summed E-state index contributed by atoms with van der Waals surface area (Å²) >= 11 is 0. The molecule has 3 aromatic carbocycles. The van der Waals surface area contributed by atoms with E-state index in [4.69, 9.17) is 9.47 Å². The van der Waals surface area contributed by atoms with Gasteiger partial charge in [-0.05, 0) is 48.5 Å². The van der Waals surface area contributed by atoms with E-state index >= 15 is 0 Å². The fraction of sp³-hybridized carbons (Fsp3) is 0.130. The van der Waals surface area contributed by atoms with Crippen molar-refractivity contribution >= 4 is 23.2 Å². The first-order valence-corrected chi connectivity index (χ1v) is 9.41. The Morgan fingerprint density at radius 3 is 2.12 bits per heavy atom. The third-order valence-electron chi connectivity index (χ3n) is 4.35. The molecule has 0 atom stereocenters. The molecule has 2 amide bonds. The van der Waals surface area contributed by atoms with E-state index in [9.17, 15) is 22.8 Å². The molecule has 0 aliphatic rings. The summed E-state index contributed by atoms with van der Waals surface area (Å²) in [6.07, 6.45) is -4.59. The Labute approximate surface area is 182 Å². The third kappa shape index (κ3) is 5.78. The Bertz CT molecular complexity index is 1100. The molecule has 2 N–H and O–H groups in total. The highest BCUT2D eigenvalue weighted by molar-refractivity contribution is 6.05. The quantitative estimate of drug-likeness (QED) is 0.539. The van der Waals surface area contributed by atoms with E-state index in [0.29, 0.717) is 17.0 Å². The van der Waals surface area contributed by atoms with Crippen molar-refractivity contribution in [2.24, 2.45) is 0 Å². The number of ether oxygens (including phenoxy) is 2. The van der Waals surface area contributed by atoms with Crippen LogP contribution in [0.15, 0.2) is 72.8 Å². The van der Waals surface area contributed by atoms with Gasteiger partial charge in [0.2, 0.25) is 0 Å². The number of nitrogens with one attached hydrogen (secondary N) is 2. The molecule has 0 aromatic heterocycles. The Hall–Kier alpha value is -4.01. The van der Waals surface area contributed by atoms with E-state index < -0.39 is 24.3 Å². The number of carbonyl (C=O) groups excluding carboxylic acids is 2. The van der Waals surface area contributed by atoms with Gasteiger partial charge in [-0.3, -0.25) is 9.59 Å². The van der Waals surface area contributed by atoms with Gasteiger partial charge < -0.3 is 20.1 Å². The number of halogens is 3. The average Bonchev–Trinajstić information content (AvgIpc) is 2.78. The van der Waals surface area contributed by atoms with Gasteiger partial charge in [0.15, 0.2) is 6.61 Å². The lowest BCUT2D eigenvalue weighted by atomic mass is 10.1. The van der Waals surface area contributed by atoms with Crippen LogP contribution in [0.4, 0.5) is 24.5 Å². The molecular weight excluding hydrogens is 425 g/mol. The van der Waals surface area contributed by atoms with Crippen molar-refractivity contribution in [3.63, 3.8) is 0 Å². The first-order valence-electron chi connectivity index (χ1n) is 9.41. The molecule has 0 saturated carbocycles.